The number of methoxy groups -OCH3 is 1. The standard InChI is InChI=1S/C17H18N4O3/c1-11-5-3-4-6-13(11)16(22)24-14-8-7-12(9-15(14)23-2)10-20-21-17(18)19/h3-10H,1-2H3,(H4,18,19,21). The van der Waals surface area contributed by atoms with Crippen LogP contribution in [0.3, 0.4) is 0 Å². The smallest absolute Gasteiger partial charge is 0.343 e. The molecule has 0 amide bonds. The van der Waals surface area contributed by atoms with Gasteiger partial charge in [-0.2, -0.15) is 5.10 Å². The molecule has 24 heavy (non-hydrogen) atoms. The number of hydrogen-bond donors (Lipinski definition) is 2. The second kappa shape index (κ2) is 7.77. The first-order chi connectivity index (χ1) is 11.5. The summed E-state index contributed by atoms with van der Waals surface area (Å²) in [4.78, 5) is 12.3. The molecule has 0 atom stereocenters. The van der Waals surface area contributed by atoms with Crippen molar-refractivity contribution >= 4 is 18.1 Å². The fourth-order valence-corrected chi connectivity index (χ4v) is 1.97. The summed E-state index contributed by atoms with van der Waals surface area (Å²) < 4.78 is 10.7. The molecule has 2 aromatic carbocycles. The monoisotopic (exact) mass is 326 g/mol. The van der Waals surface area contributed by atoms with E-state index in [9.17, 15) is 4.79 Å². The highest BCUT2D eigenvalue weighted by Crippen LogP contribution is 2.28. The van der Waals surface area contributed by atoms with Crippen LogP contribution in [0.25, 0.3) is 0 Å². The molecule has 2 rings (SSSR count). The summed E-state index contributed by atoms with van der Waals surface area (Å²) in [7, 11) is 1.48. The lowest BCUT2D eigenvalue weighted by atomic mass is 10.1. The van der Waals surface area contributed by atoms with Crippen LogP contribution in [0.1, 0.15) is 21.5 Å². The summed E-state index contributed by atoms with van der Waals surface area (Å²) in [6.07, 6.45) is 1.45. The molecule has 0 radical (unpaired) electrons. The SMILES string of the molecule is COc1cc(C=NN=C(N)N)ccc1OC(=O)c1ccccc1C. The number of nitrogens with zero attached hydrogens (tertiary/aromatic N) is 2. The van der Waals surface area contributed by atoms with Crippen molar-refractivity contribution in [2.24, 2.45) is 21.7 Å². The highest BCUT2D eigenvalue weighted by atomic mass is 16.6. The van der Waals surface area contributed by atoms with Gasteiger partial charge in [0.15, 0.2) is 11.5 Å². The number of carbonyl (C=O) groups excluding carboxylic acids is 1. The van der Waals surface area contributed by atoms with Crippen molar-refractivity contribution in [3.8, 4) is 11.5 Å². The molecule has 0 heterocycles. The Balaban J connectivity index is 2.22. The number of hydrogen-bond acceptors (Lipinski definition) is 5. The van der Waals surface area contributed by atoms with Gasteiger partial charge >= 0.3 is 5.97 Å². The maximum Gasteiger partial charge on any atom is 0.343 e. The highest BCUT2D eigenvalue weighted by molar-refractivity contribution is 5.93. The summed E-state index contributed by atoms with van der Waals surface area (Å²) in [6, 6.07) is 12.2. The predicted molar refractivity (Wildman–Crippen MR) is 92.5 cm³/mol. The minimum atomic E-state index is -0.451. The Morgan fingerprint density at radius 3 is 2.54 bits per heavy atom. The fourth-order valence-electron chi connectivity index (χ4n) is 1.97. The summed E-state index contributed by atoms with van der Waals surface area (Å²) in [5, 5.41) is 7.23. The van der Waals surface area contributed by atoms with E-state index in [4.69, 9.17) is 20.9 Å². The van der Waals surface area contributed by atoms with E-state index in [1.807, 2.05) is 19.1 Å². The lowest BCUT2D eigenvalue weighted by molar-refractivity contribution is 0.0729. The maximum absolute atomic E-state index is 12.3. The topological polar surface area (TPSA) is 112 Å². The Hall–Kier alpha value is -3.35. The molecular weight excluding hydrogens is 308 g/mol. The number of carbonyl (C=O) groups is 1. The quantitative estimate of drug-likeness (QED) is 0.286. The third-order valence-corrected chi connectivity index (χ3v) is 3.14. The van der Waals surface area contributed by atoms with Gasteiger partial charge in [0.1, 0.15) is 0 Å². The molecule has 124 valence electrons. The van der Waals surface area contributed by atoms with Gasteiger partial charge in [0, 0.05) is 0 Å². The number of guanidine groups is 1. The van der Waals surface area contributed by atoms with Crippen LogP contribution in [-0.2, 0) is 0 Å². The van der Waals surface area contributed by atoms with Crippen molar-refractivity contribution in [1.29, 1.82) is 0 Å². The zero-order valence-corrected chi connectivity index (χ0v) is 13.4. The van der Waals surface area contributed by atoms with E-state index in [0.29, 0.717) is 22.6 Å². The van der Waals surface area contributed by atoms with Crippen LogP contribution in [-0.4, -0.2) is 25.3 Å². The normalized spacial score (nSPS) is 10.4. The largest absolute Gasteiger partial charge is 0.493 e. The molecule has 0 aliphatic carbocycles. The molecule has 2 aromatic rings. The molecule has 0 aliphatic heterocycles. The van der Waals surface area contributed by atoms with Gasteiger partial charge in [0.05, 0.1) is 18.9 Å². The molecule has 7 heteroatoms. The van der Waals surface area contributed by atoms with Gasteiger partial charge in [-0.25, -0.2) is 4.79 Å². The van der Waals surface area contributed by atoms with E-state index >= 15 is 0 Å². The average Bonchev–Trinajstić information content (AvgIpc) is 2.56. The molecule has 0 aliphatic rings. The average molecular weight is 326 g/mol. The van der Waals surface area contributed by atoms with E-state index in [1.165, 1.54) is 13.3 Å². The van der Waals surface area contributed by atoms with E-state index in [1.54, 1.807) is 30.3 Å². The molecule has 0 fully saturated rings. The number of ether oxygens (including phenoxy) is 2. The van der Waals surface area contributed by atoms with Crippen LogP contribution in [0.5, 0.6) is 11.5 Å². The minimum absolute atomic E-state index is 0.137. The van der Waals surface area contributed by atoms with Crippen LogP contribution >= 0.6 is 0 Å². The molecule has 0 aromatic heterocycles. The van der Waals surface area contributed by atoms with Gasteiger partial charge in [-0.15, -0.1) is 5.10 Å². The predicted octanol–water partition coefficient (Wildman–Crippen LogP) is 1.83. The first-order valence-electron chi connectivity index (χ1n) is 7.09. The zero-order chi connectivity index (χ0) is 17.5. The van der Waals surface area contributed by atoms with Crippen LogP contribution in [0.2, 0.25) is 0 Å². The van der Waals surface area contributed by atoms with Crippen molar-refractivity contribution in [3.63, 3.8) is 0 Å². The lowest BCUT2D eigenvalue weighted by Gasteiger charge is -2.10. The van der Waals surface area contributed by atoms with E-state index in [-0.39, 0.29) is 5.96 Å². The number of esters is 1. The number of rotatable bonds is 5. The summed E-state index contributed by atoms with van der Waals surface area (Å²) in [5.41, 5.74) is 12.4. The Morgan fingerprint density at radius 1 is 1.12 bits per heavy atom. The van der Waals surface area contributed by atoms with Gasteiger partial charge in [0.2, 0.25) is 5.96 Å². The Morgan fingerprint density at radius 2 is 1.88 bits per heavy atom. The molecule has 0 bridgehead atoms. The van der Waals surface area contributed by atoms with Crippen LogP contribution in [0.15, 0.2) is 52.7 Å². The molecule has 0 spiro atoms. The molecule has 0 saturated heterocycles. The zero-order valence-electron chi connectivity index (χ0n) is 13.4. The summed E-state index contributed by atoms with van der Waals surface area (Å²) >= 11 is 0. The summed E-state index contributed by atoms with van der Waals surface area (Å²) in [6.45, 7) is 1.84. The van der Waals surface area contributed by atoms with Gasteiger partial charge < -0.3 is 20.9 Å². The molecular formula is C17H18N4O3. The molecule has 7 nitrogen and oxygen atoms in total. The van der Waals surface area contributed by atoms with Gasteiger partial charge in [0.25, 0.3) is 0 Å². The highest BCUT2D eigenvalue weighted by Gasteiger charge is 2.14. The second-order valence-electron chi connectivity index (χ2n) is 4.88. The van der Waals surface area contributed by atoms with Crippen molar-refractivity contribution in [2.75, 3.05) is 7.11 Å². The second-order valence-corrected chi connectivity index (χ2v) is 4.88. The van der Waals surface area contributed by atoms with Crippen molar-refractivity contribution in [3.05, 3.63) is 59.2 Å². The van der Waals surface area contributed by atoms with E-state index in [0.717, 1.165) is 5.56 Å². The van der Waals surface area contributed by atoms with Gasteiger partial charge in [-0.05, 0) is 42.3 Å². The minimum Gasteiger partial charge on any atom is -0.493 e. The van der Waals surface area contributed by atoms with Crippen LogP contribution in [0, 0.1) is 6.92 Å². The van der Waals surface area contributed by atoms with Gasteiger partial charge in [-0.1, -0.05) is 18.2 Å². The third kappa shape index (κ3) is 4.33. The summed E-state index contributed by atoms with van der Waals surface area (Å²) in [5.74, 6) is 0.116. The molecule has 4 N–H and O–H groups in total. The lowest BCUT2D eigenvalue weighted by Crippen LogP contribution is -2.21. The van der Waals surface area contributed by atoms with Crippen molar-refractivity contribution < 1.29 is 14.3 Å². The molecule has 0 saturated carbocycles. The van der Waals surface area contributed by atoms with E-state index in [2.05, 4.69) is 10.2 Å². The fraction of sp³-hybridized carbons (Fsp3) is 0.118. The van der Waals surface area contributed by atoms with Gasteiger partial charge in [-0.3, -0.25) is 0 Å². The third-order valence-electron chi connectivity index (χ3n) is 3.14. The Bertz CT molecular complexity index is 796. The first kappa shape index (κ1) is 17.0. The molecule has 0 unspecified atom stereocenters. The van der Waals surface area contributed by atoms with Crippen LogP contribution in [0.4, 0.5) is 0 Å². The van der Waals surface area contributed by atoms with Crippen molar-refractivity contribution in [1.82, 2.24) is 0 Å². The Kier molecular flexibility index (Phi) is 5.51. The first-order valence-corrected chi connectivity index (χ1v) is 7.09. The Labute approximate surface area is 139 Å². The van der Waals surface area contributed by atoms with E-state index < -0.39 is 5.97 Å². The van der Waals surface area contributed by atoms with Crippen LogP contribution < -0.4 is 20.9 Å². The number of nitrogens with two attached hydrogens (primary N) is 2. The maximum atomic E-state index is 12.3. The van der Waals surface area contributed by atoms with Crippen molar-refractivity contribution in [2.45, 2.75) is 6.92 Å². The number of benzene rings is 2. The number of aryl methyl sites for hydroxylation is 1.